The number of hydrogen-bond acceptors (Lipinski definition) is 4. The van der Waals surface area contributed by atoms with E-state index in [2.05, 4.69) is 17.0 Å². The number of benzene rings is 1. The van der Waals surface area contributed by atoms with Crippen LogP contribution in [0.2, 0.25) is 5.02 Å². The van der Waals surface area contributed by atoms with Gasteiger partial charge in [0.15, 0.2) is 5.76 Å². The molecule has 0 amide bonds. The van der Waals surface area contributed by atoms with Gasteiger partial charge < -0.3 is 9.63 Å². The highest BCUT2D eigenvalue weighted by molar-refractivity contribution is 6.30. The van der Waals surface area contributed by atoms with Crippen LogP contribution in [-0.4, -0.2) is 33.2 Å². The van der Waals surface area contributed by atoms with Crippen molar-refractivity contribution in [2.45, 2.75) is 45.3 Å². The Morgan fingerprint density at radius 2 is 2.04 bits per heavy atom. The lowest BCUT2D eigenvalue weighted by atomic mass is 9.86. The second-order valence-corrected chi connectivity index (χ2v) is 6.91. The van der Waals surface area contributed by atoms with Gasteiger partial charge >= 0.3 is 5.97 Å². The van der Waals surface area contributed by atoms with Crippen LogP contribution < -0.4 is 0 Å². The number of rotatable bonds is 4. The third-order valence-corrected chi connectivity index (χ3v) is 5.17. The number of likely N-dealkylation sites (tertiary alicyclic amines) is 1. The van der Waals surface area contributed by atoms with E-state index in [1.165, 1.54) is 0 Å². The third kappa shape index (κ3) is 3.47. The molecule has 0 bridgehead atoms. The Morgan fingerprint density at radius 3 is 2.71 bits per heavy atom. The highest BCUT2D eigenvalue weighted by Crippen LogP contribution is 2.30. The van der Waals surface area contributed by atoms with Gasteiger partial charge in [-0.2, -0.15) is 0 Å². The van der Waals surface area contributed by atoms with Crippen LogP contribution in [0.15, 0.2) is 34.9 Å². The number of carboxylic acids is 1. The van der Waals surface area contributed by atoms with Crippen molar-refractivity contribution in [2.75, 3.05) is 0 Å². The standard InChI is InChI=1S/C18H21ClN2O3/c1-11-3-8-16(18(22)23)12(2)21(11)10-15-9-17(20-24-15)13-4-6-14(19)7-5-13/h4-7,9,11-12,16H,3,8,10H2,1-2H3,(H,22,23)/t11-,12+,16+/m1/s1. The Morgan fingerprint density at radius 1 is 1.33 bits per heavy atom. The molecule has 0 unspecified atom stereocenters. The molecule has 0 aliphatic carbocycles. The second kappa shape index (κ2) is 6.95. The summed E-state index contributed by atoms with van der Waals surface area (Å²) in [6, 6.07) is 9.63. The maximum Gasteiger partial charge on any atom is 0.308 e. The number of piperidine rings is 1. The average Bonchev–Trinajstić information content (AvgIpc) is 3.00. The van der Waals surface area contributed by atoms with Crippen LogP contribution >= 0.6 is 11.6 Å². The zero-order valence-electron chi connectivity index (χ0n) is 13.8. The summed E-state index contributed by atoms with van der Waals surface area (Å²) in [7, 11) is 0. The average molecular weight is 349 g/mol. The zero-order valence-corrected chi connectivity index (χ0v) is 14.5. The lowest BCUT2D eigenvalue weighted by molar-refractivity contribution is -0.146. The van der Waals surface area contributed by atoms with E-state index in [0.717, 1.165) is 29.9 Å². The Kier molecular flexibility index (Phi) is 4.92. The second-order valence-electron chi connectivity index (χ2n) is 6.47. The lowest BCUT2D eigenvalue weighted by Gasteiger charge is -2.41. The van der Waals surface area contributed by atoms with Crippen LogP contribution in [0.1, 0.15) is 32.4 Å². The van der Waals surface area contributed by atoms with Crippen molar-refractivity contribution in [3.05, 3.63) is 41.1 Å². The highest BCUT2D eigenvalue weighted by atomic mass is 35.5. The van der Waals surface area contributed by atoms with E-state index in [-0.39, 0.29) is 12.0 Å². The van der Waals surface area contributed by atoms with Gasteiger partial charge in [0.2, 0.25) is 0 Å². The Balaban J connectivity index is 1.75. The summed E-state index contributed by atoms with van der Waals surface area (Å²) < 4.78 is 5.47. The first kappa shape index (κ1) is 17.0. The first-order chi connectivity index (χ1) is 11.5. The molecular formula is C18H21ClN2O3. The summed E-state index contributed by atoms with van der Waals surface area (Å²) in [5, 5.41) is 14.2. The summed E-state index contributed by atoms with van der Waals surface area (Å²) in [5.74, 6) is -0.316. The first-order valence-electron chi connectivity index (χ1n) is 8.16. The highest BCUT2D eigenvalue weighted by Gasteiger charge is 2.36. The predicted molar refractivity (Wildman–Crippen MR) is 91.8 cm³/mol. The van der Waals surface area contributed by atoms with Gasteiger partial charge in [0.05, 0.1) is 12.5 Å². The molecule has 1 aromatic carbocycles. The normalized spacial score (nSPS) is 24.9. The molecule has 6 heteroatoms. The number of halogens is 1. The fraction of sp³-hybridized carbons (Fsp3) is 0.444. The SMILES string of the molecule is C[C@@H]1CC[C@H](C(=O)O)[C@H](C)N1Cc1cc(-c2ccc(Cl)cc2)no1. The number of carbonyl (C=O) groups is 1. The smallest absolute Gasteiger partial charge is 0.308 e. The van der Waals surface area contributed by atoms with E-state index >= 15 is 0 Å². The van der Waals surface area contributed by atoms with Gasteiger partial charge in [-0.1, -0.05) is 28.9 Å². The molecule has 1 fully saturated rings. The fourth-order valence-electron chi connectivity index (χ4n) is 3.41. The van der Waals surface area contributed by atoms with Crippen molar-refractivity contribution in [1.29, 1.82) is 0 Å². The van der Waals surface area contributed by atoms with Crippen LogP contribution in [0.25, 0.3) is 11.3 Å². The third-order valence-electron chi connectivity index (χ3n) is 4.92. The quantitative estimate of drug-likeness (QED) is 0.902. The molecule has 2 heterocycles. The Labute approximate surface area is 146 Å². The number of aliphatic carboxylic acids is 1. The minimum atomic E-state index is -0.723. The number of aromatic nitrogens is 1. The maximum absolute atomic E-state index is 11.4. The van der Waals surface area contributed by atoms with Crippen molar-refractivity contribution in [3.63, 3.8) is 0 Å². The monoisotopic (exact) mass is 348 g/mol. The van der Waals surface area contributed by atoms with Gasteiger partial charge in [-0.05, 0) is 38.8 Å². The number of carboxylic acid groups (broad SMARTS) is 1. The van der Waals surface area contributed by atoms with Crippen molar-refractivity contribution in [2.24, 2.45) is 5.92 Å². The topological polar surface area (TPSA) is 66.6 Å². The van der Waals surface area contributed by atoms with Gasteiger partial charge in [0.25, 0.3) is 0 Å². The van der Waals surface area contributed by atoms with Gasteiger partial charge in [-0.3, -0.25) is 9.69 Å². The fourth-order valence-corrected chi connectivity index (χ4v) is 3.54. The summed E-state index contributed by atoms with van der Waals surface area (Å²) in [4.78, 5) is 13.6. The van der Waals surface area contributed by atoms with Crippen molar-refractivity contribution < 1.29 is 14.4 Å². The van der Waals surface area contributed by atoms with Gasteiger partial charge in [-0.25, -0.2) is 0 Å². The van der Waals surface area contributed by atoms with E-state index in [0.29, 0.717) is 17.6 Å². The molecule has 1 saturated heterocycles. The minimum Gasteiger partial charge on any atom is -0.481 e. The van der Waals surface area contributed by atoms with Crippen LogP contribution in [-0.2, 0) is 11.3 Å². The largest absolute Gasteiger partial charge is 0.481 e. The molecule has 128 valence electrons. The van der Waals surface area contributed by atoms with Crippen molar-refractivity contribution in [1.82, 2.24) is 10.1 Å². The maximum atomic E-state index is 11.4. The Hall–Kier alpha value is -1.85. The van der Waals surface area contributed by atoms with Gasteiger partial charge in [-0.15, -0.1) is 0 Å². The van der Waals surface area contributed by atoms with Gasteiger partial charge in [0, 0.05) is 28.7 Å². The molecule has 1 aliphatic rings. The Bertz CT molecular complexity index is 713. The van der Waals surface area contributed by atoms with Gasteiger partial charge in [0.1, 0.15) is 5.69 Å². The number of nitrogens with zero attached hydrogens (tertiary/aromatic N) is 2. The van der Waals surface area contributed by atoms with Crippen LogP contribution in [0.4, 0.5) is 0 Å². The van der Waals surface area contributed by atoms with E-state index in [9.17, 15) is 9.90 Å². The van der Waals surface area contributed by atoms with E-state index in [1.54, 1.807) is 0 Å². The predicted octanol–water partition coefficient (Wildman–Crippen LogP) is 4.07. The summed E-state index contributed by atoms with van der Waals surface area (Å²) in [6.07, 6.45) is 1.60. The molecule has 3 rings (SSSR count). The van der Waals surface area contributed by atoms with Crippen molar-refractivity contribution >= 4 is 17.6 Å². The summed E-state index contributed by atoms with van der Waals surface area (Å²) >= 11 is 5.91. The molecule has 1 aliphatic heterocycles. The molecule has 24 heavy (non-hydrogen) atoms. The van der Waals surface area contributed by atoms with Crippen molar-refractivity contribution in [3.8, 4) is 11.3 Å². The summed E-state index contributed by atoms with van der Waals surface area (Å²) in [5.41, 5.74) is 1.70. The molecule has 3 atom stereocenters. The zero-order chi connectivity index (χ0) is 17.3. The summed E-state index contributed by atoms with van der Waals surface area (Å²) in [6.45, 7) is 4.67. The molecule has 0 radical (unpaired) electrons. The van der Waals surface area contributed by atoms with E-state index < -0.39 is 5.97 Å². The molecule has 1 N–H and O–H groups in total. The van der Waals surface area contributed by atoms with Crippen LogP contribution in [0, 0.1) is 5.92 Å². The van der Waals surface area contributed by atoms with Crippen LogP contribution in [0.3, 0.4) is 0 Å². The van der Waals surface area contributed by atoms with Crippen LogP contribution in [0.5, 0.6) is 0 Å². The minimum absolute atomic E-state index is 0.0321. The van der Waals surface area contributed by atoms with E-state index in [4.69, 9.17) is 16.1 Å². The molecule has 0 saturated carbocycles. The first-order valence-corrected chi connectivity index (χ1v) is 8.53. The molecule has 2 aromatic rings. The van der Waals surface area contributed by atoms with E-state index in [1.807, 2.05) is 37.3 Å². The number of hydrogen-bond donors (Lipinski definition) is 1. The molecule has 1 aromatic heterocycles. The molecule has 5 nitrogen and oxygen atoms in total. The molecule has 0 spiro atoms. The molecular weight excluding hydrogens is 328 g/mol. The lowest BCUT2D eigenvalue weighted by Crippen LogP contribution is -2.50.